The molecule has 0 saturated carbocycles. The van der Waals surface area contributed by atoms with Gasteiger partial charge in [0.2, 0.25) is 0 Å². The molecule has 0 aliphatic carbocycles. The van der Waals surface area contributed by atoms with Gasteiger partial charge in [0, 0.05) is 26.3 Å². The molecule has 0 radical (unpaired) electrons. The van der Waals surface area contributed by atoms with Gasteiger partial charge in [-0.1, -0.05) is 39.3 Å². The number of nitrogens with zero attached hydrogens (tertiary/aromatic N) is 1. The minimum atomic E-state index is -0.608. The van der Waals surface area contributed by atoms with Crippen LogP contribution >= 0.6 is 0 Å². The molecule has 1 aromatic carbocycles. The second kappa shape index (κ2) is 22.0. The van der Waals surface area contributed by atoms with Crippen LogP contribution in [0.1, 0.15) is 46.6 Å². The molecule has 0 unspecified atom stereocenters. The van der Waals surface area contributed by atoms with Crippen LogP contribution < -0.4 is 15.8 Å². The van der Waals surface area contributed by atoms with Gasteiger partial charge in [-0.2, -0.15) is 0 Å². The molecule has 34 heavy (non-hydrogen) atoms. The molecule has 2 aromatic rings. The predicted molar refractivity (Wildman–Crippen MR) is 134 cm³/mol. The molecule has 0 atom stereocenters. The van der Waals surface area contributed by atoms with E-state index < -0.39 is 5.76 Å². The fourth-order valence-electron chi connectivity index (χ4n) is 2.31. The molecule has 0 bridgehead atoms. The van der Waals surface area contributed by atoms with Crippen molar-refractivity contribution < 1.29 is 28.9 Å². The number of nitrogens with one attached hydrogen (secondary N) is 2. The quantitative estimate of drug-likeness (QED) is 0.276. The van der Waals surface area contributed by atoms with E-state index in [1.54, 1.807) is 25.2 Å². The molecule has 0 aliphatic heterocycles. The molecule has 10 nitrogen and oxygen atoms in total. The van der Waals surface area contributed by atoms with E-state index in [4.69, 9.17) is 19.3 Å². The minimum Gasteiger partial charge on any atom is -0.507 e. The van der Waals surface area contributed by atoms with Crippen LogP contribution in [0.5, 0.6) is 5.75 Å². The van der Waals surface area contributed by atoms with Crippen molar-refractivity contribution in [3.63, 3.8) is 0 Å². The summed E-state index contributed by atoms with van der Waals surface area (Å²) in [7, 11) is 2.70. The van der Waals surface area contributed by atoms with Gasteiger partial charge >= 0.3 is 5.76 Å². The number of aromatic amines is 1. The van der Waals surface area contributed by atoms with E-state index in [0.29, 0.717) is 37.1 Å². The van der Waals surface area contributed by atoms with Crippen LogP contribution in [-0.4, -0.2) is 67.5 Å². The Bertz CT molecular complexity index is 832. The number of aromatic nitrogens is 2. The van der Waals surface area contributed by atoms with E-state index in [0.717, 1.165) is 18.2 Å². The van der Waals surface area contributed by atoms with Crippen molar-refractivity contribution >= 4 is 0 Å². The lowest BCUT2D eigenvalue weighted by Gasteiger charge is -2.13. The van der Waals surface area contributed by atoms with Crippen LogP contribution in [0.3, 0.4) is 0 Å². The van der Waals surface area contributed by atoms with Crippen molar-refractivity contribution in [2.75, 3.05) is 47.2 Å². The lowest BCUT2D eigenvalue weighted by molar-refractivity contribution is 0.0593. The summed E-state index contributed by atoms with van der Waals surface area (Å²) in [5.41, 5.74) is 2.11. The highest BCUT2D eigenvalue weighted by molar-refractivity contribution is 5.60. The average molecular weight is 486 g/mol. The number of hydrogen-bond acceptors (Lipinski definition) is 9. The Morgan fingerprint density at radius 3 is 2.24 bits per heavy atom. The van der Waals surface area contributed by atoms with Gasteiger partial charge in [-0.05, 0) is 37.6 Å². The molecular weight excluding hydrogens is 442 g/mol. The maximum atomic E-state index is 11.1. The molecule has 0 fully saturated rings. The highest BCUT2D eigenvalue weighted by atomic mass is 16.5. The fourth-order valence-corrected chi connectivity index (χ4v) is 2.31. The van der Waals surface area contributed by atoms with Gasteiger partial charge < -0.3 is 29.7 Å². The van der Waals surface area contributed by atoms with Crippen LogP contribution in [0, 0.1) is 6.92 Å². The largest absolute Gasteiger partial charge is 0.507 e. The van der Waals surface area contributed by atoms with Gasteiger partial charge in [0.05, 0.1) is 25.5 Å². The van der Waals surface area contributed by atoms with Crippen molar-refractivity contribution in [2.24, 2.45) is 0 Å². The first-order chi connectivity index (χ1) is 16.5. The Balaban J connectivity index is 0. The van der Waals surface area contributed by atoms with E-state index in [2.05, 4.69) is 33.8 Å². The Kier molecular flexibility index (Phi) is 21.6. The second-order valence-corrected chi connectivity index (χ2v) is 6.34. The first-order valence-electron chi connectivity index (χ1n) is 11.4. The van der Waals surface area contributed by atoms with Crippen molar-refractivity contribution in [3.05, 3.63) is 45.8 Å². The molecule has 196 valence electrons. The maximum Gasteiger partial charge on any atom is 0.439 e. The van der Waals surface area contributed by atoms with E-state index in [9.17, 15) is 9.90 Å². The number of rotatable bonds is 11. The summed E-state index contributed by atoms with van der Waals surface area (Å²) in [6.07, 6.45) is 1.25. The zero-order chi connectivity index (χ0) is 26.4. The molecule has 0 amide bonds. The van der Waals surface area contributed by atoms with Crippen molar-refractivity contribution in [1.29, 1.82) is 0 Å². The summed E-state index contributed by atoms with van der Waals surface area (Å²) in [4.78, 5) is 13.6. The first kappa shape index (κ1) is 33.4. The maximum absolute atomic E-state index is 11.1. The topological polar surface area (TPSA) is 139 Å². The number of benzene rings is 1. The Morgan fingerprint density at radius 2 is 1.74 bits per heavy atom. The van der Waals surface area contributed by atoms with Gasteiger partial charge in [0.25, 0.3) is 0 Å². The Hall–Kier alpha value is -2.82. The number of ether oxygens (including phenoxy) is 3. The summed E-state index contributed by atoms with van der Waals surface area (Å²) < 4.78 is 20.8. The number of aryl methyl sites for hydroxylation is 1. The Labute approximate surface area is 202 Å². The number of aliphatic hydroxyl groups is 2. The molecule has 0 aliphatic rings. The Morgan fingerprint density at radius 1 is 1.12 bits per heavy atom. The van der Waals surface area contributed by atoms with E-state index >= 15 is 0 Å². The van der Waals surface area contributed by atoms with E-state index in [1.807, 2.05) is 27.7 Å². The molecule has 4 N–H and O–H groups in total. The minimum absolute atomic E-state index is 0.00935. The normalized spacial score (nSPS) is 10.4. The second-order valence-electron chi connectivity index (χ2n) is 6.34. The van der Waals surface area contributed by atoms with Crippen LogP contribution in [0.25, 0.3) is 11.4 Å². The third kappa shape index (κ3) is 13.7. The zero-order valence-corrected chi connectivity index (χ0v) is 21.9. The van der Waals surface area contributed by atoms with Gasteiger partial charge in [0.15, 0.2) is 11.6 Å². The number of aliphatic hydroxyl groups excluding tert-OH is 2. The molecule has 1 heterocycles. The summed E-state index contributed by atoms with van der Waals surface area (Å²) in [5.74, 6) is 0.370. The highest BCUT2D eigenvalue weighted by Gasteiger charge is 2.10. The van der Waals surface area contributed by atoms with Crippen LogP contribution in [0.4, 0.5) is 0 Å². The van der Waals surface area contributed by atoms with Gasteiger partial charge in [0.1, 0.15) is 12.4 Å². The molecular formula is C24H43N3O7. The van der Waals surface area contributed by atoms with Crippen LogP contribution in [0.15, 0.2) is 39.0 Å². The summed E-state index contributed by atoms with van der Waals surface area (Å²) in [5, 5.41) is 23.8. The lowest BCUT2D eigenvalue weighted by atomic mass is 10.1. The molecule has 1 aromatic heterocycles. The summed E-state index contributed by atoms with van der Waals surface area (Å²) >= 11 is 0. The number of hydrogen-bond donors (Lipinski definition) is 4. The lowest BCUT2D eigenvalue weighted by Crippen LogP contribution is -2.19. The van der Waals surface area contributed by atoms with Gasteiger partial charge in [-0.15, -0.1) is 0 Å². The first-order valence-corrected chi connectivity index (χ1v) is 11.4. The highest BCUT2D eigenvalue weighted by Crippen LogP contribution is 2.24. The van der Waals surface area contributed by atoms with Crippen molar-refractivity contribution in [3.8, 4) is 17.1 Å². The molecule has 0 saturated heterocycles. The van der Waals surface area contributed by atoms with Crippen LogP contribution in [-0.2, 0) is 9.47 Å². The number of H-pyrrole nitrogens is 1. The predicted octanol–water partition coefficient (Wildman–Crippen LogP) is 3.81. The molecule has 0 spiro atoms. The van der Waals surface area contributed by atoms with Gasteiger partial charge in [-0.25, -0.2) is 4.79 Å². The van der Waals surface area contributed by atoms with Crippen molar-refractivity contribution in [1.82, 2.24) is 15.5 Å². The molecule has 10 heteroatoms. The van der Waals surface area contributed by atoms with Crippen molar-refractivity contribution in [2.45, 2.75) is 48.0 Å². The average Bonchev–Trinajstić information content (AvgIpc) is 3.29. The smallest absolute Gasteiger partial charge is 0.439 e. The van der Waals surface area contributed by atoms with E-state index in [1.165, 1.54) is 6.42 Å². The molecule has 2 rings (SSSR count). The van der Waals surface area contributed by atoms with Gasteiger partial charge in [-0.3, -0.25) is 9.51 Å². The SMILES string of the molecule is CC.CCC.CCOCCOC/C(NC)=C(/O)COc1ccc(-c2noc(=O)[nH]2)c(C)c1.CO. The van der Waals surface area contributed by atoms with E-state index in [-0.39, 0.29) is 19.0 Å². The zero-order valence-electron chi connectivity index (χ0n) is 21.9. The third-order valence-electron chi connectivity index (χ3n) is 3.74. The van der Waals surface area contributed by atoms with Crippen LogP contribution in [0.2, 0.25) is 0 Å². The summed E-state index contributed by atoms with van der Waals surface area (Å²) in [6, 6.07) is 5.27. The monoisotopic (exact) mass is 485 g/mol. The number of likely N-dealkylation sites (N-methyl/N-ethyl adjacent to an activating group) is 1. The fraction of sp³-hybridized carbons (Fsp3) is 0.583. The standard InChI is InChI=1S/C18H25N3O6.C3H8.C2H6.CH4O/c1-4-24-7-8-25-10-15(19-3)16(22)11-26-13-5-6-14(12(2)9-13)17-20-18(23)27-21-17;1-3-2;2*1-2/h5-6,9,19,22H,4,7-8,10-11H2,1-3H3,(H,20,21,23);3H2,1-2H3;1-2H3;2H,1H3/b16-15-;;;. The third-order valence-corrected chi connectivity index (χ3v) is 3.74. The summed E-state index contributed by atoms with van der Waals surface area (Å²) in [6.45, 7) is 13.8.